The van der Waals surface area contributed by atoms with Crippen LogP contribution in [0.25, 0.3) is 0 Å². The fourth-order valence-corrected chi connectivity index (χ4v) is 2.15. The summed E-state index contributed by atoms with van der Waals surface area (Å²) in [5, 5.41) is 12.7. The number of methoxy groups -OCH3 is 1. The van der Waals surface area contributed by atoms with Gasteiger partial charge in [-0.05, 0) is 31.4 Å². The van der Waals surface area contributed by atoms with E-state index in [4.69, 9.17) is 10.00 Å². The van der Waals surface area contributed by atoms with E-state index in [2.05, 4.69) is 32.2 Å². The van der Waals surface area contributed by atoms with Crippen LogP contribution in [0.3, 0.4) is 0 Å². The summed E-state index contributed by atoms with van der Waals surface area (Å²) in [4.78, 5) is 0. The van der Waals surface area contributed by atoms with Crippen LogP contribution in [0.1, 0.15) is 45.6 Å². The van der Waals surface area contributed by atoms with Crippen molar-refractivity contribution in [3.05, 3.63) is 23.8 Å². The number of hydrogen-bond acceptors (Lipinski definition) is 3. The molecule has 0 spiro atoms. The van der Waals surface area contributed by atoms with Crippen LogP contribution in [-0.4, -0.2) is 12.6 Å². The molecule has 1 aromatic carbocycles. The molecule has 0 aliphatic rings. The van der Waals surface area contributed by atoms with Crippen LogP contribution in [0.15, 0.2) is 18.2 Å². The largest absolute Gasteiger partial charge is 0.497 e. The molecule has 18 heavy (non-hydrogen) atoms. The zero-order valence-electron chi connectivity index (χ0n) is 11.7. The van der Waals surface area contributed by atoms with Gasteiger partial charge in [-0.2, -0.15) is 5.26 Å². The van der Waals surface area contributed by atoms with Crippen LogP contribution in [0.4, 0.5) is 5.69 Å². The Kier molecular flexibility index (Phi) is 5.03. The Morgan fingerprint density at radius 2 is 1.83 bits per heavy atom. The molecule has 0 saturated carbocycles. The smallest absolute Gasteiger partial charge is 0.121 e. The zero-order chi connectivity index (χ0) is 13.6. The van der Waals surface area contributed by atoms with E-state index in [0.29, 0.717) is 5.56 Å². The lowest BCUT2D eigenvalue weighted by Crippen LogP contribution is -2.36. The Bertz CT molecular complexity index is 422. The molecule has 0 fully saturated rings. The quantitative estimate of drug-likeness (QED) is 0.826. The van der Waals surface area contributed by atoms with E-state index in [1.165, 1.54) is 0 Å². The first-order valence-electron chi connectivity index (χ1n) is 6.51. The summed E-state index contributed by atoms with van der Waals surface area (Å²) < 4.78 is 5.22. The predicted octanol–water partition coefficient (Wildman–Crippen LogP) is 3.95. The van der Waals surface area contributed by atoms with Crippen LogP contribution in [0.5, 0.6) is 5.75 Å². The summed E-state index contributed by atoms with van der Waals surface area (Å²) in [6.07, 6.45) is 3.09. The lowest BCUT2D eigenvalue weighted by molar-refractivity contribution is 0.411. The van der Waals surface area contributed by atoms with Gasteiger partial charge in [0.2, 0.25) is 0 Å². The van der Waals surface area contributed by atoms with Crippen molar-refractivity contribution in [1.82, 2.24) is 0 Å². The number of rotatable bonds is 6. The molecule has 0 aromatic heterocycles. The summed E-state index contributed by atoms with van der Waals surface area (Å²) in [5.74, 6) is 0.772. The number of nitrogens with one attached hydrogen (secondary N) is 1. The maximum absolute atomic E-state index is 9.17. The highest BCUT2D eigenvalue weighted by atomic mass is 16.5. The third-order valence-corrected chi connectivity index (χ3v) is 3.78. The lowest BCUT2D eigenvalue weighted by Gasteiger charge is -2.33. The van der Waals surface area contributed by atoms with E-state index in [9.17, 15) is 0 Å². The number of ether oxygens (including phenoxy) is 1. The van der Waals surface area contributed by atoms with E-state index in [1.54, 1.807) is 13.2 Å². The van der Waals surface area contributed by atoms with E-state index < -0.39 is 0 Å². The van der Waals surface area contributed by atoms with E-state index in [-0.39, 0.29) is 5.54 Å². The van der Waals surface area contributed by atoms with Gasteiger partial charge in [-0.25, -0.2) is 0 Å². The maximum atomic E-state index is 9.17. The second kappa shape index (κ2) is 6.30. The van der Waals surface area contributed by atoms with Gasteiger partial charge in [-0.15, -0.1) is 0 Å². The van der Waals surface area contributed by atoms with Crippen molar-refractivity contribution in [2.24, 2.45) is 0 Å². The molecule has 0 aliphatic carbocycles. The molecule has 0 amide bonds. The normalized spacial score (nSPS) is 10.8. The number of nitrogens with zero attached hydrogens (tertiary/aromatic N) is 1. The van der Waals surface area contributed by atoms with Crippen molar-refractivity contribution in [3.8, 4) is 11.8 Å². The van der Waals surface area contributed by atoms with Gasteiger partial charge in [-0.1, -0.05) is 20.8 Å². The molecule has 3 heteroatoms. The Morgan fingerprint density at radius 3 is 2.28 bits per heavy atom. The Balaban J connectivity index is 3.12. The van der Waals surface area contributed by atoms with Crippen molar-refractivity contribution >= 4 is 5.69 Å². The number of nitriles is 1. The second-order valence-electron chi connectivity index (χ2n) is 4.49. The van der Waals surface area contributed by atoms with Gasteiger partial charge in [-0.3, -0.25) is 0 Å². The molecule has 1 N–H and O–H groups in total. The van der Waals surface area contributed by atoms with Gasteiger partial charge in [0.05, 0.1) is 18.4 Å². The molecule has 3 nitrogen and oxygen atoms in total. The van der Waals surface area contributed by atoms with Crippen LogP contribution in [-0.2, 0) is 0 Å². The van der Waals surface area contributed by atoms with E-state index in [0.717, 1.165) is 30.7 Å². The van der Waals surface area contributed by atoms with Gasteiger partial charge in [0, 0.05) is 11.6 Å². The van der Waals surface area contributed by atoms with Crippen molar-refractivity contribution < 1.29 is 4.74 Å². The molecule has 0 saturated heterocycles. The summed E-state index contributed by atoms with van der Waals surface area (Å²) >= 11 is 0. The number of hydrogen-bond donors (Lipinski definition) is 1. The van der Waals surface area contributed by atoms with Crippen molar-refractivity contribution in [2.75, 3.05) is 12.4 Å². The highest BCUT2D eigenvalue weighted by molar-refractivity contribution is 5.61. The van der Waals surface area contributed by atoms with E-state index in [1.807, 2.05) is 12.1 Å². The van der Waals surface area contributed by atoms with Gasteiger partial charge >= 0.3 is 0 Å². The molecule has 0 atom stereocenters. The second-order valence-corrected chi connectivity index (χ2v) is 4.49. The minimum Gasteiger partial charge on any atom is -0.497 e. The highest BCUT2D eigenvalue weighted by Crippen LogP contribution is 2.29. The molecule has 1 rings (SSSR count). The lowest BCUT2D eigenvalue weighted by atomic mass is 9.89. The summed E-state index contributed by atoms with van der Waals surface area (Å²) in [7, 11) is 1.64. The average molecular weight is 246 g/mol. The van der Waals surface area contributed by atoms with E-state index >= 15 is 0 Å². The minimum absolute atomic E-state index is 0.0535. The Labute approximate surface area is 110 Å². The fourth-order valence-electron chi connectivity index (χ4n) is 2.15. The summed E-state index contributed by atoms with van der Waals surface area (Å²) in [6, 6.07) is 7.73. The van der Waals surface area contributed by atoms with Gasteiger partial charge in [0.1, 0.15) is 11.8 Å². The third kappa shape index (κ3) is 2.95. The first-order chi connectivity index (χ1) is 8.64. The molecule has 0 bridgehead atoms. The SMILES string of the molecule is CCC(CC)(CC)Nc1cc(OC)ccc1C#N. The van der Waals surface area contributed by atoms with Crippen molar-refractivity contribution in [1.29, 1.82) is 5.26 Å². The van der Waals surface area contributed by atoms with Crippen LogP contribution < -0.4 is 10.1 Å². The minimum atomic E-state index is 0.0535. The molecule has 98 valence electrons. The zero-order valence-corrected chi connectivity index (χ0v) is 11.7. The summed E-state index contributed by atoms with van der Waals surface area (Å²) in [6.45, 7) is 6.52. The predicted molar refractivity (Wildman–Crippen MR) is 74.9 cm³/mol. The molecule has 0 radical (unpaired) electrons. The molecular formula is C15H22N2O. The molecule has 0 heterocycles. The highest BCUT2D eigenvalue weighted by Gasteiger charge is 2.24. The van der Waals surface area contributed by atoms with Crippen molar-refractivity contribution in [3.63, 3.8) is 0 Å². The topological polar surface area (TPSA) is 45.0 Å². The molecular weight excluding hydrogens is 224 g/mol. The van der Waals surface area contributed by atoms with Gasteiger partial charge in [0.15, 0.2) is 0 Å². The standard InChI is InChI=1S/C15H22N2O/c1-5-15(6-2,7-3)17-14-10-13(18-4)9-8-12(14)11-16/h8-10,17H,5-7H2,1-4H3. The summed E-state index contributed by atoms with van der Waals surface area (Å²) in [5.41, 5.74) is 1.58. The maximum Gasteiger partial charge on any atom is 0.121 e. The van der Waals surface area contributed by atoms with Gasteiger partial charge in [0.25, 0.3) is 0 Å². The monoisotopic (exact) mass is 246 g/mol. The molecule has 0 aliphatic heterocycles. The Morgan fingerprint density at radius 1 is 1.22 bits per heavy atom. The number of anilines is 1. The van der Waals surface area contributed by atoms with Crippen molar-refractivity contribution in [2.45, 2.75) is 45.6 Å². The first kappa shape index (κ1) is 14.4. The molecule has 1 aromatic rings. The third-order valence-electron chi connectivity index (χ3n) is 3.78. The first-order valence-corrected chi connectivity index (χ1v) is 6.51. The fraction of sp³-hybridized carbons (Fsp3) is 0.533. The number of benzene rings is 1. The Hall–Kier alpha value is -1.69. The van der Waals surface area contributed by atoms with Crippen LogP contribution in [0.2, 0.25) is 0 Å². The van der Waals surface area contributed by atoms with Crippen LogP contribution in [0, 0.1) is 11.3 Å². The average Bonchev–Trinajstić information content (AvgIpc) is 2.44. The van der Waals surface area contributed by atoms with Crippen LogP contribution >= 0.6 is 0 Å². The molecule has 0 unspecified atom stereocenters. The van der Waals surface area contributed by atoms with Gasteiger partial charge < -0.3 is 10.1 Å².